The van der Waals surface area contributed by atoms with E-state index in [0.717, 1.165) is 39.8 Å². The summed E-state index contributed by atoms with van der Waals surface area (Å²) >= 11 is 0.744. The van der Waals surface area contributed by atoms with Crippen molar-refractivity contribution in [1.82, 2.24) is 9.47 Å². The van der Waals surface area contributed by atoms with E-state index >= 15 is 0 Å². The third-order valence-electron chi connectivity index (χ3n) is 5.57. The lowest BCUT2D eigenvalue weighted by Gasteiger charge is -2.12. The van der Waals surface area contributed by atoms with Crippen LogP contribution in [0.4, 0.5) is 14.9 Å². The molecule has 1 saturated heterocycles. The Labute approximate surface area is 210 Å². The van der Waals surface area contributed by atoms with Crippen LogP contribution in [0.15, 0.2) is 59.5 Å². The highest BCUT2D eigenvalue weighted by atomic mass is 32.2. The molecule has 36 heavy (non-hydrogen) atoms. The zero-order valence-corrected chi connectivity index (χ0v) is 20.5. The molecule has 2 aromatic carbocycles. The van der Waals surface area contributed by atoms with Gasteiger partial charge in [0.05, 0.1) is 17.6 Å². The van der Waals surface area contributed by atoms with Crippen molar-refractivity contribution in [2.75, 3.05) is 19.0 Å². The summed E-state index contributed by atoms with van der Waals surface area (Å²) in [7, 11) is 1.32. The van der Waals surface area contributed by atoms with Crippen LogP contribution in [0.25, 0.3) is 11.8 Å². The molecule has 0 bridgehead atoms. The molecule has 0 radical (unpaired) electrons. The zero-order valence-electron chi connectivity index (χ0n) is 19.7. The number of thioether (sulfide) groups is 1. The molecular weight excluding hydrogens is 485 g/mol. The Bertz CT molecular complexity index is 1430. The number of nitrogens with one attached hydrogen (secondary N) is 1. The number of carbonyl (C=O) groups is 4. The predicted molar refractivity (Wildman–Crippen MR) is 134 cm³/mol. The van der Waals surface area contributed by atoms with E-state index in [0.29, 0.717) is 11.1 Å². The smallest absolute Gasteiger partial charge is 0.337 e. The molecule has 0 spiro atoms. The Balaban J connectivity index is 1.55. The van der Waals surface area contributed by atoms with Gasteiger partial charge in [0.25, 0.3) is 11.1 Å². The molecule has 0 atom stereocenters. The number of carbonyl (C=O) groups excluding carboxylic acids is 4. The van der Waals surface area contributed by atoms with Crippen LogP contribution in [0.3, 0.4) is 0 Å². The van der Waals surface area contributed by atoms with Gasteiger partial charge in [0.15, 0.2) is 0 Å². The molecule has 0 aliphatic carbocycles. The maximum absolute atomic E-state index is 13.3. The Kier molecular flexibility index (Phi) is 7.07. The molecule has 1 aromatic heterocycles. The summed E-state index contributed by atoms with van der Waals surface area (Å²) in [5.41, 5.74) is 3.74. The summed E-state index contributed by atoms with van der Waals surface area (Å²) in [6.07, 6.45) is 1.61. The highest BCUT2D eigenvalue weighted by Gasteiger charge is 2.36. The highest BCUT2D eigenvalue weighted by Crippen LogP contribution is 2.33. The average molecular weight is 508 g/mol. The minimum Gasteiger partial charge on any atom is -0.465 e. The van der Waals surface area contributed by atoms with E-state index in [-0.39, 0.29) is 10.6 Å². The van der Waals surface area contributed by atoms with Gasteiger partial charge in [-0.3, -0.25) is 19.3 Å². The third-order valence-corrected chi connectivity index (χ3v) is 6.47. The van der Waals surface area contributed by atoms with E-state index in [4.69, 9.17) is 4.74 Å². The summed E-state index contributed by atoms with van der Waals surface area (Å²) in [6.45, 7) is 3.26. The van der Waals surface area contributed by atoms with Crippen LogP contribution in [0.5, 0.6) is 0 Å². The maximum Gasteiger partial charge on any atom is 0.337 e. The number of halogens is 1. The summed E-state index contributed by atoms with van der Waals surface area (Å²) in [4.78, 5) is 50.7. The largest absolute Gasteiger partial charge is 0.465 e. The van der Waals surface area contributed by atoms with Crippen LogP contribution < -0.4 is 5.32 Å². The van der Waals surface area contributed by atoms with Crippen LogP contribution in [0, 0.1) is 19.7 Å². The predicted octanol–water partition coefficient (Wildman–Crippen LogP) is 4.69. The molecule has 1 fully saturated rings. The van der Waals surface area contributed by atoms with Crippen molar-refractivity contribution in [3.63, 3.8) is 0 Å². The first-order valence-electron chi connectivity index (χ1n) is 10.9. The van der Waals surface area contributed by atoms with Gasteiger partial charge < -0.3 is 14.6 Å². The van der Waals surface area contributed by atoms with Crippen molar-refractivity contribution >= 4 is 46.5 Å². The van der Waals surface area contributed by atoms with E-state index in [1.807, 2.05) is 30.5 Å². The first-order chi connectivity index (χ1) is 17.2. The molecule has 0 saturated carbocycles. The van der Waals surface area contributed by atoms with E-state index in [1.54, 1.807) is 24.3 Å². The number of amides is 3. The molecule has 184 valence electrons. The number of rotatable bonds is 6. The number of hydrogen-bond donors (Lipinski definition) is 1. The minimum atomic E-state index is -0.618. The average Bonchev–Trinajstić information content (AvgIpc) is 3.27. The fourth-order valence-corrected chi connectivity index (χ4v) is 4.74. The monoisotopic (exact) mass is 507 g/mol. The van der Waals surface area contributed by atoms with Gasteiger partial charge >= 0.3 is 5.97 Å². The lowest BCUT2D eigenvalue weighted by atomic mass is 10.2. The van der Waals surface area contributed by atoms with Crippen LogP contribution in [-0.2, 0) is 14.3 Å². The second-order valence-electron chi connectivity index (χ2n) is 8.03. The number of imide groups is 1. The SMILES string of the molecule is COC(=O)c1cccc(-n2c(C)cc(/C=C3/SC(=O)N(CC(=O)Nc4cccc(F)c4)C3=O)c2C)c1. The molecule has 1 aliphatic heterocycles. The van der Waals surface area contributed by atoms with Gasteiger partial charge in [-0.25, -0.2) is 9.18 Å². The van der Waals surface area contributed by atoms with Crippen molar-refractivity contribution in [1.29, 1.82) is 0 Å². The van der Waals surface area contributed by atoms with E-state index < -0.39 is 35.4 Å². The standard InChI is InChI=1S/C26H22FN3O5S/c1-15-10-18(16(2)30(15)21-9-4-6-17(11-21)25(33)35-3)12-22-24(32)29(26(34)36-22)14-23(31)28-20-8-5-7-19(27)13-20/h4-13H,14H2,1-3H3,(H,28,31)/b22-12+. The molecule has 1 N–H and O–H groups in total. The first-order valence-corrected chi connectivity index (χ1v) is 11.7. The number of benzene rings is 2. The highest BCUT2D eigenvalue weighted by molar-refractivity contribution is 8.18. The van der Waals surface area contributed by atoms with Crippen molar-refractivity contribution in [2.45, 2.75) is 13.8 Å². The lowest BCUT2D eigenvalue weighted by Crippen LogP contribution is -2.36. The Hall–Kier alpha value is -4.18. The van der Waals surface area contributed by atoms with Gasteiger partial charge in [-0.15, -0.1) is 0 Å². The maximum atomic E-state index is 13.3. The quantitative estimate of drug-likeness (QED) is 0.384. The molecule has 10 heteroatoms. The van der Waals surface area contributed by atoms with Gasteiger partial charge in [0, 0.05) is 22.8 Å². The zero-order chi connectivity index (χ0) is 26.0. The molecular formula is C26H22FN3O5S. The fourth-order valence-electron chi connectivity index (χ4n) is 3.91. The van der Waals surface area contributed by atoms with Crippen LogP contribution in [0.1, 0.15) is 27.3 Å². The van der Waals surface area contributed by atoms with E-state index in [1.165, 1.54) is 25.3 Å². The normalized spacial score (nSPS) is 14.4. The Morgan fingerprint density at radius 1 is 1.08 bits per heavy atom. The van der Waals surface area contributed by atoms with Crippen LogP contribution >= 0.6 is 11.8 Å². The molecule has 3 aromatic rings. The Morgan fingerprint density at radius 2 is 1.83 bits per heavy atom. The van der Waals surface area contributed by atoms with Crippen molar-refractivity contribution < 1.29 is 28.3 Å². The van der Waals surface area contributed by atoms with Crippen LogP contribution in [0.2, 0.25) is 0 Å². The summed E-state index contributed by atoms with van der Waals surface area (Å²) in [5, 5.41) is 1.91. The van der Waals surface area contributed by atoms with Crippen molar-refractivity contribution in [3.05, 3.63) is 87.8 Å². The first kappa shape index (κ1) is 24.9. The van der Waals surface area contributed by atoms with E-state index in [9.17, 15) is 23.6 Å². The molecule has 1 aliphatic rings. The van der Waals surface area contributed by atoms with Gasteiger partial charge in [-0.05, 0) is 79.7 Å². The molecule has 2 heterocycles. The number of ether oxygens (including phenoxy) is 1. The molecule has 8 nitrogen and oxygen atoms in total. The van der Waals surface area contributed by atoms with Crippen molar-refractivity contribution in [2.24, 2.45) is 0 Å². The summed E-state index contributed by atoms with van der Waals surface area (Å²) < 4.78 is 20.1. The molecule has 4 rings (SSSR count). The van der Waals surface area contributed by atoms with E-state index in [2.05, 4.69) is 5.32 Å². The van der Waals surface area contributed by atoms with Gasteiger partial charge in [-0.2, -0.15) is 0 Å². The minimum absolute atomic E-state index is 0.183. The number of methoxy groups -OCH3 is 1. The number of anilines is 1. The second-order valence-corrected chi connectivity index (χ2v) is 9.02. The molecule has 0 unspecified atom stereocenters. The number of aryl methyl sites for hydroxylation is 1. The van der Waals surface area contributed by atoms with Crippen LogP contribution in [-0.4, -0.2) is 46.1 Å². The summed E-state index contributed by atoms with van der Waals surface area (Å²) in [6, 6.07) is 14.2. The van der Waals surface area contributed by atoms with Gasteiger partial charge in [0.1, 0.15) is 12.4 Å². The molecule has 3 amide bonds. The number of hydrogen-bond acceptors (Lipinski definition) is 6. The second kappa shape index (κ2) is 10.2. The number of aromatic nitrogens is 1. The lowest BCUT2D eigenvalue weighted by molar-refractivity contribution is -0.127. The fraction of sp³-hybridized carbons (Fsp3) is 0.154. The third kappa shape index (κ3) is 5.08. The van der Waals surface area contributed by atoms with Crippen molar-refractivity contribution in [3.8, 4) is 5.69 Å². The number of nitrogens with zero attached hydrogens (tertiary/aromatic N) is 2. The Morgan fingerprint density at radius 3 is 2.56 bits per heavy atom. The van der Waals surface area contributed by atoms with Gasteiger partial charge in [-0.1, -0.05) is 12.1 Å². The van der Waals surface area contributed by atoms with Gasteiger partial charge in [0.2, 0.25) is 5.91 Å². The number of esters is 1. The summed E-state index contributed by atoms with van der Waals surface area (Å²) in [5.74, 6) is -2.17. The topological polar surface area (TPSA) is 97.7 Å².